The van der Waals surface area contributed by atoms with E-state index in [4.69, 9.17) is 5.26 Å². The van der Waals surface area contributed by atoms with Crippen molar-refractivity contribution in [3.63, 3.8) is 0 Å². The van der Waals surface area contributed by atoms with E-state index in [1.54, 1.807) is 6.07 Å². The van der Waals surface area contributed by atoms with E-state index in [1.165, 1.54) is 12.1 Å². The molecule has 7 heteroatoms. The van der Waals surface area contributed by atoms with Crippen LogP contribution in [0.3, 0.4) is 0 Å². The maximum Gasteiger partial charge on any atom is 0.387 e. The molecule has 0 saturated heterocycles. The number of carbonyl (C=O) groups excluding carboxylic acids is 1. The summed E-state index contributed by atoms with van der Waals surface area (Å²) in [6, 6.07) is 4.51. The summed E-state index contributed by atoms with van der Waals surface area (Å²) >= 11 is 3.09. The Morgan fingerprint density at radius 1 is 1.56 bits per heavy atom. The Labute approximate surface area is 110 Å². The van der Waals surface area contributed by atoms with Crippen LogP contribution >= 0.6 is 15.9 Å². The van der Waals surface area contributed by atoms with Gasteiger partial charge in [-0.05, 0) is 6.07 Å². The van der Waals surface area contributed by atoms with Crippen molar-refractivity contribution in [2.45, 2.75) is 11.9 Å². The molecule has 0 atom stereocenters. The van der Waals surface area contributed by atoms with E-state index in [0.717, 1.165) is 7.11 Å². The molecule has 0 bridgehead atoms. The van der Waals surface area contributed by atoms with E-state index in [2.05, 4.69) is 25.4 Å². The molecule has 18 heavy (non-hydrogen) atoms. The molecule has 1 aromatic carbocycles. The molecular weight excluding hydrogens is 312 g/mol. The van der Waals surface area contributed by atoms with Gasteiger partial charge in [-0.3, -0.25) is 0 Å². The summed E-state index contributed by atoms with van der Waals surface area (Å²) in [5.41, 5.74) is -0.0471. The van der Waals surface area contributed by atoms with Crippen LogP contribution in [0.4, 0.5) is 8.78 Å². The van der Waals surface area contributed by atoms with Crippen LogP contribution in [-0.2, 0) is 10.1 Å². The fraction of sp³-hybridized carbons (Fsp3) is 0.273. The number of esters is 1. The number of alkyl halides is 3. The zero-order chi connectivity index (χ0) is 13.7. The SMILES string of the molecule is COC(=O)c1c(C#N)ccc(CBr)c1OC(F)F. The third-order valence-corrected chi connectivity index (χ3v) is 2.70. The maximum absolute atomic E-state index is 12.3. The molecule has 0 aliphatic rings. The van der Waals surface area contributed by atoms with Crippen molar-refractivity contribution < 1.29 is 23.0 Å². The summed E-state index contributed by atoms with van der Waals surface area (Å²) in [5, 5.41) is 9.07. The third kappa shape index (κ3) is 2.96. The first-order chi connectivity index (χ1) is 8.54. The van der Waals surface area contributed by atoms with Crippen LogP contribution in [0.25, 0.3) is 0 Å². The molecule has 0 heterocycles. The summed E-state index contributed by atoms with van der Waals surface area (Å²) in [7, 11) is 1.09. The molecular formula is C11H8BrF2NO3. The molecule has 0 saturated carbocycles. The molecule has 0 N–H and O–H groups in total. The molecule has 0 aromatic heterocycles. The van der Waals surface area contributed by atoms with E-state index in [0.29, 0.717) is 5.56 Å². The van der Waals surface area contributed by atoms with E-state index >= 15 is 0 Å². The van der Waals surface area contributed by atoms with Crippen LogP contribution in [0.2, 0.25) is 0 Å². The zero-order valence-corrected chi connectivity index (χ0v) is 10.8. The largest absolute Gasteiger partial charge is 0.465 e. The highest BCUT2D eigenvalue weighted by Crippen LogP contribution is 2.31. The number of methoxy groups -OCH3 is 1. The topological polar surface area (TPSA) is 59.3 Å². The van der Waals surface area contributed by atoms with Gasteiger partial charge in [0, 0.05) is 10.9 Å². The van der Waals surface area contributed by atoms with Crippen molar-refractivity contribution in [1.82, 2.24) is 0 Å². The zero-order valence-electron chi connectivity index (χ0n) is 9.25. The number of rotatable bonds is 4. The number of hydrogen-bond acceptors (Lipinski definition) is 4. The maximum atomic E-state index is 12.3. The number of ether oxygens (including phenoxy) is 2. The highest BCUT2D eigenvalue weighted by molar-refractivity contribution is 9.08. The van der Waals surface area contributed by atoms with Gasteiger partial charge in [0.2, 0.25) is 0 Å². The number of carbonyl (C=O) groups is 1. The Morgan fingerprint density at radius 2 is 2.22 bits per heavy atom. The fourth-order valence-electron chi connectivity index (χ4n) is 1.35. The minimum Gasteiger partial charge on any atom is -0.465 e. The lowest BCUT2D eigenvalue weighted by atomic mass is 10.0. The van der Waals surface area contributed by atoms with Gasteiger partial charge < -0.3 is 9.47 Å². The van der Waals surface area contributed by atoms with Crippen LogP contribution in [0, 0.1) is 11.3 Å². The minimum absolute atomic E-state index is 0.0813. The van der Waals surface area contributed by atoms with E-state index < -0.39 is 12.6 Å². The van der Waals surface area contributed by atoms with E-state index in [1.807, 2.05) is 0 Å². The smallest absolute Gasteiger partial charge is 0.387 e. The monoisotopic (exact) mass is 319 g/mol. The molecule has 0 aliphatic carbocycles. The second-order valence-corrected chi connectivity index (χ2v) is 3.65. The Morgan fingerprint density at radius 3 is 2.67 bits per heavy atom. The third-order valence-electron chi connectivity index (χ3n) is 2.10. The standard InChI is InChI=1S/C11H8BrF2NO3/c1-17-10(16)8-7(5-15)3-2-6(4-12)9(8)18-11(13)14/h2-3,11H,4H2,1H3. The summed E-state index contributed by atoms with van der Waals surface area (Å²) in [4.78, 5) is 11.6. The van der Waals surface area contributed by atoms with Crippen molar-refractivity contribution in [3.05, 3.63) is 28.8 Å². The van der Waals surface area contributed by atoms with Gasteiger partial charge in [-0.2, -0.15) is 14.0 Å². The van der Waals surface area contributed by atoms with Gasteiger partial charge in [0.05, 0.1) is 12.7 Å². The second kappa shape index (κ2) is 6.31. The number of nitriles is 1. The molecule has 1 rings (SSSR count). The number of benzene rings is 1. The van der Waals surface area contributed by atoms with Crippen LogP contribution in [0.15, 0.2) is 12.1 Å². The van der Waals surface area contributed by atoms with Crippen LogP contribution in [0.1, 0.15) is 21.5 Å². The predicted octanol–water partition coefficient (Wildman–Crippen LogP) is 2.84. The van der Waals surface area contributed by atoms with E-state index in [9.17, 15) is 13.6 Å². The predicted molar refractivity (Wildman–Crippen MR) is 61.8 cm³/mol. The lowest BCUT2D eigenvalue weighted by Crippen LogP contribution is -2.13. The molecule has 0 amide bonds. The van der Waals surface area contributed by atoms with Crippen molar-refractivity contribution in [2.75, 3.05) is 7.11 Å². The van der Waals surface area contributed by atoms with Gasteiger partial charge in [-0.1, -0.05) is 22.0 Å². The first-order valence-electron chi connectivity index (χ1n) is 4.70. The Balaban J connectivity index is 3.48. The molecule has 0 fully saturated rings. The van der Waals surface area contributed by atoms with Gasteiger partial charge in [-0.15, -0.1) is 0 Å². The average Bonchev–Trinajstić information content (AvgIpc) is 2.36. The molecule has 0 aliphatic heterocycles. The van der Waals surface area contributed by atoms with Crippen LogP contribution < -0.4 is 4.74 Å². The molecule has 4 nitrogen and oxygen atoms in total. The average molecular weight is 320 g/mol. The van der Waals surface area contributed by atoms with Gasteiger partial charge in [0.15, 0.2) is 0 Å². The van der Waals surface area contributed by atoms with Crippen LogP contribution in [-0.4, -0.2) is 19.7 Å². The summed E-state index contributed by atoms with van der Waals surface area (Å²) < 4.78 is 33.5. The minimum atomic E-state index is -3.10. The van der Waals surface area contributed by atoms with Crippen molar-refractivity contribution in [1.29, 1.82) is 5.26 Å². The fourth-order valence-corrected chi connectivity index (χ4v) is 1.79. The van der Waals surface area contributed by atoms with Gasteiger partial charge in [0.1, 0.15) is 17.4 Å². The van der Waals surface area contributed by atoms with Crippen molar-refractivity contribution in [2.24, 2.45) is 0 Å². The number of hydrogen-bond donors (Lipinski definition) is 0. The Hall–Kier alpha value is -1.68. The van der Waals surface area contributed by atoms with Gasteiger partial charge in [0.25, 0.3) is 0 Å². The normalized spacial score (nSPS) is 10.0. The van der Waals surface area contributed by atoms with E-state index in [-0.39, 0.29) is 22.2 Å². The Kier molecular flexibility index (Phi) is 5.04. The van der Waals surface area contributed by atoms with Crippen molar-refractivity contribution >= 4 is 21.9 Å². The quantitative estimate of drug-likeness (QED) is 0.632. The molecule has 1 aromatic rings. The highest BCUT2D eigenvalue weighted by Gasteiger charge is 2.23. The molecule has 0 spiro atoms. The lowest BCUT2D eigenvalue weighted by molar-refractivity contribution is -0.0508. The summed E-state index contributed by atoms with van der Waals surface area (Å²) in [5.74, 6) is -1.24. The number of nitrogens with zero attached hydrogens (tertiary/aromatic N) is 1. The molecule has 0 unspecified atom stereocenters. The van der Waals surface area contributed by atoms with Crippen molar-refractivity contribution in [3.8, 4) is 11.8 Å². The summed E-state index contributed by atoms with van der Waals surface area (Å²) in [6.07, 6.45) is 0. The number of halogens is 3. The first-order valence-corrected chi connectivity index (χ1v) is 5.82. The lowest BCUT2D eigenvalue weighted by Gasteiger charge is -2.14. The Bertz CT molecular complexity index is 500. The second-order valence-electron chi connectivity index (χ2n) is 3.09. The summed E-state index contributed by atoms with van der Waals surface area (Å²) in [6.45, 7) is -3.10. The van der Waals surface area contributed by atoms with Crippen LogP contribution in [0.5, 0.6) is 5.75 Å². The molecule has 96 valence electrons. The highest BCUT2D eigenvalue weighted by atomic mass is 79.9. The molecule has 0 radical (unpaired) electrons. The van der Waals surface area contributed by atoms with Gasteiger partial charge >= 0.3 is 12.6 Å². The van der Waals surface area contributed by atoms with Gasteiger partial charge in [-0.25, -0.2) is 4.79 Å². The first kappa shape index (κ1) is 14.4.